The number of rotatable bonds is 3. The first-order chi connectivity index (χ1) is 11.4. The number of methoxy groups -OCH3 is 2. The van der Waals surface area contributed by atoms with Crippen molar-refractivity contribution in [3.63, 3.8) is 0 Å². The van der Waals surface area contributed by atoms with E-state index in [1.165, 1.54) is 26.4 Å². The van der Waals surface area contributed by atoms with E-state index in [0.29, 0.717) is 17.1 Å². The van der Waals surface area contributed by atoms with Gasteiger partial charge in [0.1, 0.15) is 46.2 Å². The second-order valence-electron chi connectivity index (χ2n) is 5.33. The second kappa shape index (κ2) is 5.84. The standard InChI is InChI=1S/C17H16O7/c1-22-9-5-11(20)17(13(6-9)23-2)15-7-12(21)16-10(19)3-8(18)4-14(16)24-15/h3-6,15,18-20H,7H2,1-2H3/t15-/m0/s1. The number of fused-ring (bicyclic) bond motifs is 1. The summed E-state index contributed by atoms with van der Waals surface area (Å²) in [5.41, 5.74) is 0.302. The molecule has 0 bridgehead atoms. The third-order valence-corrected chi connectivity index (χ3v) is 3.86. The summed E-state index contributed by atoms with van der Waals surface area (Å²) in [5.74, 6) is -0.341. The van der Waals surface area contributed by atoms with Crippen LogP contribution in [0, 0.1) is 0 Å². The van der Waals surface area contributed by atoms with E-state index in [2.05, 4.69) is 0 Å². The van der Waals surface area contributed by atoms with Crippen LogP contribution in [0.5, 0.6) is 34.5 Å². The molecule has 2 aromatic rings. The molecule has 3 N–H and O–H groups in total. The Labute approximate surface area is 137 Å². The number of ketones is 1. The van der Waals surface area contributed by atoms with Gasteiger partial charge in [-0.25, -0.2) is 0 Å². The topological polar surface area (TPSA) is 105 Å². The van der Waals surface area contributed by atoms with E-state index < -0.39 is 6.10 Å². The molecule has 2 aromatic carbocycles. The summed E-state index contributed by atoms with van der Waals surface area (Å²) in [6.45, 7) is 0. The van der Waals surface area contributed by atoms with Gasteiger partial charge in [-0.3, -0.25) is 4.79 Å². The summed E-state index contributed by atoms with van der Waals surface area (Å²) in [4.78, 5) is 12.4. The van der Waals surface area contributed by atoms with Gasteiger partial charge in [0, 0.05) is 24.3 Å². The summed E-state index contributed by atoms with van der Waals surface area (Å²) in [7, 11) is 2.88. The van der Waals surface area contributed by atoms with Crippen molar-refractivity contribution >= 4 is 5.78 Å². The van der Waals surface area contributed by atoms with Gasteiger partial charge < -0.3 is 29.5 Å². The Hall–Kier alpha value is -3.09. The predicted octanol–water partition coefficient (Wildman–Crippen LogP) is 2.53. The lowest BCUT2D eigenvalue weighted by atomic mass is 9.94. The summed E-state index contributed by atoms with van der Waals surface area (Å²) >= 11 is 0. The number of phenols is 3. The van der Waals surface area contributed by atoms with E-state index in [0.717, 1.165) is 6.07 Å². The summed E-state index contributed by atoms with van der Waals surface area (Å²) < 4.78 is 16.1. The van der Waals surface area contributed by atoms with Gasteiger partial charge in [-0.15, -0.1) is 0 Å². The molecule has 0 spiro atoms. The van der Waals surface area contributed by atoms with Crippen molar-refractivity contribution < 1.29 is 34.3 Å². The molecule has 0 aromatic heterocycles. The van der Waals surface area contributed by atoms with Crippen LogP contribution in [0.4, 0.5) is 0 Å². The highest BCUT2D eigenvalue weighted by molar-refractivity contribution is 6.02. The van der Waals surface area contributed by atoms with Gasteiger partial charge in [-0.1, -0.05) is 0 Å². The van der Waals surface area contributed by atoms with Crippen LogP contribution in [0.2, 0.25) is 0 Å². The second-order valence-corrected chi connectivity index (χ2v) is 5.33. The lowest BCUT2D eigenvalue weighted by molar-refractivity contribution is 0.0838. The number of hydrogen-bond donors (Lipinski definition) is 3. The number of carbonyl (C=O) groups is 1. The number of carbonyl (C=O) groups excluding carboxylic acids is 1. The fourth-order valence-corrected chi connectivity index (χ4v) is 2.78. The molecular formula is C17H16O7. The fraction of sp³-hybridized carbons (Fsp3) is 0.235. The smallest absolute Gasteiger partial charge is 0.174 e. The molecule has 3 rings (SSSR count). The van der Waals surface area contributed by atoms with E-state index in [9.17, 15) is 20.1 Å². The number of aromatic hydroxyl groups is 3. The van der Waals surface area contributed by atoms with Crippen LogP contribution in [-0.4, -0.2) is 35.3 Å². The largest absolute Gasteiger partial charge is 0.508 e. The van der Waals surface area contributed by atoms with Crippen LogP contribution in [-0.2, 0) is 0 Å². The van der Waals surface area contributed by atoms with Crippen molar-refractivity contribution in [2.75, 3.05) is 14.2 Å². The minimum absolute atomic E-state index is 0.0102. The molecule has 0 saturated carbocycles. The van der Waals surface area contributed by atoms with Crippen LogP contribution < -0.4 is 14.2 Å². The first kappa shape index (κ1) is 15.8. The quantitative estimate of drug-likeness (QED) is 0.793. The van der Waals surface area contributed by atoms with Crippen molar-refractivity contribution in [3.05, 3.63) is 35.4 Å². The minimum Gasteiger partial charge on any atom is -0.508 e. The molecule has 0 fully saturated rings. The van der Waals surface area contributed by atoms with E-state index >= 15 is 0 Å². The number of ether oxygens (including phenoxy) is 3. The Balaban J connectivity index is 2.08. The minimum atomic E-state index is -0.827. The molecule has 1 aliphatic rings. The van der Waals surface area contributed by atoms with Gasteiger partial charge in [0.15, 0.2) is 5.78 Å². The number of phenolic OH excluding ortho intramolecular Hbond substituents is 3. The average Bonchev–Trinajstić information content (AvgIpc) is 2.52. The first-order valence-electron chi connectivity index (χ1n) is 7.15. The monoisotopic (exact) mass is 332 g/mol. The molecule has 126 valence electrons. The Bertz CT molecular complexity index is 813. The summed E-state index contributed by atoms with van der Waals surface area (Å²) in [6.07, 6.45) is -0.922. The molecule has 0 radical (unpaired) electrons. The number of Topliss-reactive ketones (excluding diaryl/α,β-unsaturated/α-hetero) is 1. The summed E-state index contributed by atoms with van der Waals surface area (Å²) in [5, 5.41) is 29.7. The first-order valence-corrected chi connectivity index (χ1v) is 7.15. The van der Waals surface area contributed by atoms with Crippen LogP contribution in [0.1, 0.15) is 28.4 Å². The Morgan fingerprint density at radius 3 is 2.46 bits per heavy atom. The number of benzene rings is 2. The van der Waals surface area contributed by atoms with E-state index in [-0.39, 0.29) is 40.8 Å². The van der Waals surface area contributed by atoms with Gasteiger partial charge in [-0.2, -0.15) is 0 Å². The Morgan fingerprint density at radius 1 is 1.04 bits per heavy atom. The highest BCUT2D eigenvalue weighted by Crippen LogP contribution is 2.46. The maximum Gasteiger partial charge on any atom is 0.174 e. The molecule has 7 nitrogen and oxygen atoms in total. The normalized spacial score (nSPS) is 16.2. The van der Waals surface area contributed by atoms with Crippen molar-refractivity contribution in [2.24, 2.45) is 0 Å². The van der Waals surface area contributed by atoms with E-state index in [1.54, 1.807) is 6.07 Å². The molecule has 0 unspecified atom stereocenters. The Morgan fingerprint density at radius 2 is 1.79 bits per heavy atom. The molecule has 24 heavy (non-hydrogen) atoms. The molecule has 0 saturated heterocycles. The van der Waals surface area contributed by atoms with E-state index in [1.807, 2.05) is 0 Å². The van der Waals surface area contributed by atoms with Gasteiger partial charge in [0.05, 0.1) is 26.2 Å². The Kier molecular flexibility index (Phi) is 3.84. The predicted molar refractivity (Wildman–Crippen MR) is 83.3 cm³/mol. The fourth-order valence-electron chi connectivity index (χ4n) is 2.78. The van der Waals surface area contributed by atoms with Crippen LogP contribution in [0.3, 0.4) is 0 Å². The van der Waals surface area contributed by atoms with Crippen LogP contribution in [0.25, 0.3) is 0 Å². The lowest BCUT2D eigenvalue weighted by Gasteiger charge is -2.27. The molecule has 0 aliphatic carbocycles. The maximum absolute atomic E-state index is 12.4. The zero-order chi connectivity index (χ0) is 17.4. The summed E-state index contributed by atoms with van der Waals surface area (Å²) in [6, 6.07) is 5.28. The van der Waals surface area contributed by atoms with Gasteiger partial charge in [-0.05, 0) is 0 Å². The van der Waals surface area contributed by atoms with E-state index in [4.69, 9.17) is 14.2 Å². The molecule has 7 heteroatoms. The van der Waals surface area contributed by atoms with Gasteiger partial charge in [0.2, 0.25) is 0 Å². The van der Waals surface area contributed by atoms with Crippen LogP contribution in [0.15, 0.2) is 24.3 Å². The molecule has 0 amide bonds. The van der Waals surface area contributed by atoms with Gasteiger partial charge >= 0.3 is 0 Å². The van der Waals surface area contributed by atoms with Crippen molar-refractivity contribution in [3.8, 4) is 34.5 Å². The van der Waals surface area contributed by atoms with Crippen molar-refractivity contribution in [1.29, 1.82) is 0 Å². The maximum atomic E-state index is 12.4. The highest BCUT2D eigenvalue weighted by atomic mass is 16.5. The highest BCUT2D eigenvalue weighted by Gasteiger charge is 2.34. The van der Waals surface area contributed by atoms with Gasteiger partial charge in [0.25, 0.3) is 0 Å². The molecular weight excluding hydrogens is 316 g/mol. The van der Waals surface area contributed by atoms with Crippen molar-refractivity contribution in [1.82, 2.24) is 0 Å². The van der Waals surface area contributed by atoms with Crippen molar-refractivity contribution in [2.45, 2.75) is 12.5 Å². The zero-order valence-electron chi connectivity index (χ0n) is 13.1. The molecule has 1 heterocycles. The third kappa shape index (κ3) is 2.54. The average molecular weight is 332 g/mol. The van der Waals surface area contributed by atoms with Crippen LogP contribution >= 0.6 is 0 Å². The SMILES string of the molecule is COc1cc(O)c([C@@H]2CC(=O)c3c(O)cc(O)cc3O2)c(OC)c1. The lowest BCUT2D eigenvalue weighted by Crippen LogP contribution is -2.21. The zero-order valence-corrected chi connectivity index (χ0v) is 13.1. The number of hydrogen-bond acceptors (Lipinski definition) is 7. The third-order valence-electron chi connectivity index (χ3n) is 3.86. The molecule has 1 atom stereocenters. The molecule has 1 aliphatic heterocycles.